The van der Waals surface area contributed by atoms with Gasteiger partial charge in [0, 0.05) is 0 Å². The smallest absolute Gasteiger partial charge is 0.314 e. The normalized spacial score (nSPS) is 11.9. The van der Waals surface area contributed by atoms with Crippen molar-refractivity contribution >= 4 is 7.12 Å². The molecule has 0 fully saturated rings. The molecule has 4 heteroatoms. The molecule has 132 valence electrons. The summed E-state index contributed by atoms with van der Waals surface area (Å²) in [5.41, 5.74) is 0. The molecule has 0 rings (SSSR count). The average molecular weight is 311 g/mol. The van der Waals surface area contributed by atoms with E-state index < -0.39 is 0 Å². The first-order chi connectivity index (χ1) is 10.7. The minimum absolute atomic E-state index is 0.500. The maximum atomic E-state index is 2.73. The second kappa shape index (κ2) is 14.5. The van der Waals surface area contributed by atoms with Crippen molar-refractivity contribution in [2.24, 2.45) is 0 Å². The molecule has 0 radical (unpaired) electrons. The first kappa shape index (κ1) is 21.9. The summed E-state index contributed by atoms with van der Waals surface area (Å²) < 4.78 is 0. The summed E-state index contributed by atoms with van der Waals surface area (Å²) in [4.78, 5) is 8.20. The van der Waals surface area contributed by atoms with Crippen LogP contribution in [0.5, 0.6) is 0 Å². The van der Waals surface area contributed by atoms with E-state index in [0.29, 0.717) is 7.12 Å². The van der Waals surface area contributed by atoms with E-state index in [4.69, 9.17) is 0 Å². The first-order valence-electron chi connectivity index (χ1n) is 9.91. The molecule has 0 spiro atoms. The van der Waals surface area contributed by atoms with Crippen LogP contribution in [0.15, 0.2) is 0 Å². The molecule has 0 heterocycles. The minimum Gasteiger partial charge on any atom is -0.314 e. The Morgan fingerprint density at radius 2 is 0.591 bits per heavy atom. The maximum Gasteiger partial charge on any atom is 0.403 e. The fraction of sp³-hybridized carbons (Fsp3) is 1.00. The van der Waals surface area contributed by atoms with Gasteiger partial charge in [-0.3, -0.25) is 0 Å². The van der Waals surface area contributed by atoms with Crippen LogP contribution < -0.4 is 0 Å². The third-order valence-electron chi connectivity index (χ3n) is 4.04. The molecule has 0 saturated heterocycles. The number of rotatable bonds is 15. The Morgan fingerprint density at radius 1 is 0.409 bits per heavy atom. The highest BCUT2D eigenvalue weighted by Gasteiger charge is 2.34. The topological polar surface area (TPSA) is 9.72 Å². The van der Waals surface area contributed by atoms with Crippen LogP contribution in [0, 0.1) is 0 Å². The van der Waals surface area contributed by atoms with Crippen LogP contribution in [0.4, 0.5) is 0 Å². The van der Waals surface area contributed by atoms with Crippen LogP contribution >= 0.6 is 0 Å². The number of nitrogens with zero attached hydrogens (tertiary/aromatic N) is 3. The molecule has 0 aromatic rings. The summed E-state index contributed by atoms with van der Waals surface area (Å²) in [6.45, 7) is 21.2. The standard InChI is InChI=1S/C18H42BN3/c1-7-13-20(14-8-2)19(21(15-9-3)16-10-4)22(17-11-5)18-12-6/h7-18H2,1-6H3. The minimum atomic E-state index is 0.500. The SMILES string of the molecule is CCCN(CCC)B(N(CCC)CCC)N(CCC)CCC. The lowest BCUT2D eigenvalue weighted by molar-refractivity contribution is 0.261. The highest BCUT2D eigenvalue weighted by Crippen LogP contribution is 2.13. The van der Waals surface area contributed by atoms with Crippen LogP contribution in [0.1, 0.15) is 80.1 Å². The van der Waals surface area contributed by atoms with E-state index in [1.807, 2.05) is 0 Å². The van der Waals surface area contributed by atoms with Gasteiger partial charge in [-0.2, -0.15) is 0 Å². The van der Waals surface area contributed by atoms with Crippen LogP contribution in [0.3, 0.4) is 0 Å². The maximum absolute atomic E-state index is 2.73. The van der Waals surface area contributed by atoms with Crippen LogP contribution in [0.2, 0.25) is 0 Å². The zero-order chi connectivity index (χ0) is 16.8. The monoisotopic (exact) mass is 311 g/mol. The van der Waals surface area contributed by atoms with Gasteiger partial charge in [-0.1, -0.05) is 41.5 Å². The van der Waals surface area contributed by atoms with Gasteiger partial charge in [-0.15, -0.1) is 0 Å². The van der Waals surface area contributed by atoms with Crippen molar-refractivity contribution in [3.05, 3.63) is 0 Å². The summed E-state index contributed by atoms with van der Waals surface area (Å²) in [5.74, 6) is 0. The van der Waals surface area contributed by atoms with Gasteiger partial charge in [0.15, 0.2) is 0 Å². The Hall–Kier alpha value is -0.0551. The Kier molecular flexibility index (Phi) is 14.5. The molecule has 0 atom stereocenters. The molecule has 0 aromatic heterocycles. The molecule has 0 bridgehead atoms. The van der Waals surface area contributed by atoms with Crippen LogP contribution in [-0.4, -0.2) is 60.8 Å². The highest BCUT2D eigenvalue weighted by atomic mass is 15.3. The van der Waals surface area contributed by atoms with Gasteiger partial charge in [0.05, 0.1) is 0 Å². The van der Waals surface area contributed by atoms with Crippen LogP contribution in [-0.2, 0) is 0 Å². The summed E-state index contributed by atoms with van der Waals surface area (Å²) in [7, 11) is 0.500. The fourth-order valence-electron chi connectivity index (χ4n) is 3.44. The lowest BCUT2D eigenvalue weighted by Crippen LogP contribution is -2.64. The molecule has 0 saturated carbocycles. The van der Waals surface area contributed by atoms with Gasteiger partial charge < -0.3 is 14.4 Å². The Labute approximate surface area is 141 Å². The van der Waals surface area contributed by atoms with Gasteiger partial charge in [0.25, 0.3) is 0 Å². The van der Waals surface area contributed by atoms with Crippen molar-refractivity contribution < 1.29 is 0 Å². The van der Waals surface area contributed by atoms with Crippen molar-refractivity contribution in [1.29, 1.82) is 0 Å². The van der Waals surface area contributed by atoms with Gasteiger partial charge >= 0.3 is 7.12 Å². The van der Waals surface area contributed by atoms with E-state index in [2.05, 4.69) is 56.0 Å². The summed E-state index contributed by atoms with van der Waals surface area (Å²) in [6.07, 6.45) is 7.47. The van der Waals surface area contributed by atoms with Crippen molar-refractivity contribution in [1.82, 2.24) is 14.4 Å². The number of hydrogen-bond acceptors (Lipinski definition) is 3. The largest absolute Gasteiger partial charge is 0.403 e. The van der Waals surface area contributed by atoms with Gasteiger partial charge in [-0.05, 0) is 77.8 Å². The van der Waals surface area contributed by atoms with E-state index >= 15 is 0 Å². The van der Waals surface area contributed by atoms with Gasteiger partial charge in [-0.25, -0.2) is 0 Å². The lowest BCUT2D eigenvalue weighted by atomic mass is 9.81. The molecule has 22 heavy (non-hydrogen) atoms. The molecule has 0 unspecified atom stereocenters. The van der Waals surface area contributed by atoms with Crippen LogP contribution in [0.25, 0.3) is 0 Å². The summed E-state index contributed by atoms with van der Waals surface area (Å²) in [6, 6.07) is 0. The Morgan fingerprint density at radius 3 is 0.727 bits per heavy atom. The van der Waals surface area contributed by atoms with E-state index in [1.54, 1.807) is 0 Å². The Bertz CT molecular complexity index is 182. The van der Waals surface area contributed by atoms with E-state index in [9.17, 15) is 0 Å². The van der Waals surface area contributed by atoms with Crippen molar-refractivity contribution in [3.63, 3.8) is 0 Å². The zero-order valence-electron chi connectivity index (χ0n) is 16.4. The number of hydrogen-bond donors (Lipinski definition) is 0. The molecular weight excluding hydrogens is 269 g/mol. The molecule has 0 aliphatic heterocycles. The lowest BCUT2D eigenvalue weighted by Gasteiger charge is -2.42. The van der Waals surface area contributed by atoms with E-state index in [1.165, 1.54) is 77.8 Å². The second-order valence-electron chi connectivity index (χ2n) is 6.45. The van der Waals surface area contributed by atoms with E-state index in [0.717, 1.165) is 0 Å². The van der Waals surface area contributed by atoms with Gasteiger partial charge in [0.2, 0.25) is 0 Å². The predicted molar refractivity (Wildman–Crippen MR) is 102 cm³/mol. The molecular formula is C18H42BN3. The zero-order valence-corrected chi connectivity index (χ0v) is 16.4. The van der Waals surface area contributed by atoms with Gasteiger partial charge in [0.1, 0.15) is 0 Å². The third-order valence-corrected chi connectivity index (χ3v) is 4.04. The average Bonchev–Trinajstić information content (AvgIpc) is 2.49. The quantitative estimate of drug-likeness (QED) is 0.417. The molecule has 0 amide bonds. The summed E-state index contributed by atoms with van der Waals surface area (Å²) in [5, 5.41) is 0. The third kappa shape index (κ3) is 7.98. The first-order valence-corrected chi connectivity index (χ1v) is 9.91. The molecule has 3 nitrogen and oxygen atoms in total. The van der Waals surface area contributed by atoms with Crippen molar-refractivity contribution in [2.75, 3.05) is 39.3 Å². The highest BCUT2D eigenvalue weighted by molar-refractivity contribution is 6.49. The predicted octanol–water partition coefficient (Wildman–Crippen LogP) is 4.34. The summed E-state index contributed by atoms with van der Waals surface area (Å²) >= 11 is 0. The Balaban J connectivity index is 5.34. The van der Waals surface area contributed by atoms with Crippen molar-refractivity contribution in [2.45, 2.75) is 80.1 Å². The second-order valence-corrected chi connectivity index (χ2v) is 6.45. The molecule has 0 aliphatic carbocycles. The fourth-order valence-corrected chi connectivity index (χ4v) is 3.44. The molecule has 0 aliphatic rings. The molecule has 0 N–H and O–H groups in total. The molecule has 0 aromatic carbocycles. The van der Waals surface area contributed by atoms with Crippen molar-refractivity contribution in [3.8, 4) is 0 Å². The van der Waals surface area contributed by atoms with E-state index in [-0.39, 0.29) is 0 Å².